The minimum atomic E-state index is 0.565. The van der Waals surface area contributed by atoms with Crippen LogP contribution in [0.1, 0.15) is 49.8 Å². The Morgan fingerprint density at radius 2 is 2.36 bits per heavy atom. The summed E-state index contributed by atoms with van der Waals surface area (Å²) in [6, 6.07) is 2.73. The summed E-state index contributed by atoms with van der Waals surface area (Å²) in [4.78, 5) is 4.21. The summed E-state index contributed by atoms with van der Waals surface area (Å²) in [7, 11) is 0. The van der Waals surface area contributed by atoms with Crippen LogP contribution in [0, 0.1) is 0 Å². The average Bonchev–Trinajstić information content (AvgIpc) is 2.70. The zero-order valence-electron chi connectivity index (χ0n) is 8.96. The molecule has 1 aromatic heterocycles. The molecule has 0 radical (unpaired) electrons. The van der Waals surface area contributed by atoms with Crippen LogP contribution >= 0.6 is 0 Å². The van der Waals surface area contributed by atoms with E-state index in [1.807, 2.05) is 12.4 Å². The topological polar surface area (TPSA) is 24.9 Å². The molecule has 1 fully saturated rings. The van der Waals surface area contributed by atoms with Crippen LogP contribution in [-0.4, -0.2) is 11.5 Å². The molecule has 1 aliphatic rings. The zero-order chi connectivity index (χ0) is 9.97. The highest BCUT2D eigenvalue weighted by molar-refractivity contribution is 5.29. The van der Waals surface area contributed by atoms with Crippen molar-refractivity contribution < 1.29 is 0 Å². The van der Waals surface area contributed by atoms with Gasteiger partial charge in [0.15, 0.2) is 0 Å². The first-order valence-electron chi connectivity index (χ1n) is 5.46. The van der Waals surface area contributed by atoms with Crippen molar-refractivity contribution in [2.75, 3.05) is 6.54 Å². The minimum Gasteiger partial charge on any atom is -0.310 e. The summed E-state index contributed by atoms with van der Waals surface area (Å²) in [5.41, 5.74) is 2.85. The van der Waals surface area contributed by atoms with Crippen LogP contribution < -0.4 is 5.32 Å². The van der Waals surface area contributed by atoms with E-state index in [9.17, 15) is 0 Å². The first kappa shape index (κ1) is 9.66. The molecule has 1 aliphatic heterocycles. The minimum absolute atomic E-state index is 0.565. The SMILES string of the molecule is CC(C)c1cnccc1C1CCCN1. The summed E-state index contributed by atoms with van der Waals surface area (Å²) < 4.78 is 0. The number of rotatable bonds is 2. The van der Waals surface area contributed by atoms with E-state index >= 15 is 0 Å². The number of aromatic nitrogens is 1. The molecular weight excluding hydrogens is 172 g/mol. The van der Waals surface area contributed by atoms with Gasteiger partial charge < -0.3 is 5.32 Å². The van der Waals surface area contributed by atoms with Gasteiger partial charge in [0.05, 0.1) is 0 Å². The number of hydrogen-bond donors (Lipinski definition) is 1. The highest BCUT2D eigenvalue weighted by atomic mass is 14.9. The van der Waals surface area contributed by atoms with Gasteiger partial charge in [-0.3, -0.25) is 4.98 Å². The zero-order valence-corrected chi connectivity index (χ0v) is 8.96. The molecule has 14 heavy (non-hydrogen) atoms. The largest absolute Gasteiger partial charge is 0.310 e. The summed E-state index contributed by atoms with van der Waals surface area (Å²) in [5.74, 6) is 0.570. The van der Waals surface area contributed by atoms with Gasteiger partial charge in [0.25, 0.3) is 0 Å². The Kier molecular flexibility index (Phi) is 2.82. The van der Waals surface area contributed by atoms with E-state index < -0.39 is 0 Å². The molecule has 2 rings (SSSR count). The van der Waals surface area contributed by atoms with Gasteiger partial charge in [-0.25, -0.2) is 0 Å². The van der Waals surface area contributed by atoms with E-state index in [1.165, 1.54) is 24.0 Å². The lowest BCUT2D eigenvalue weighted by molar-refractivity contribution is 0.631. The van der Waals surface area contributed by atoms with Gasteiger partial charge in [0, 0.05) is 18.4 Å². The van der Waals surface area contributed by atoms with Gasteiger partial charge >= 0.3 is 0 Å². The molecule has 0 aliphatic carbocycles. The predicted octanol–water partition coefficient (Wildman–Crippen LogP) is 2.63. The van der Waals surface area contributed by atoms with Gasteiger partial charge in [0.1, 0.15) is 0 Å². The van der Waals surface area contributed by atoms with E-state index in [2.05, 4.69) is 30.2 Å². The average molecular weight is 190 g/mol. The van der Waals surface area contributed by atoms with Gasteiger partial charge in [-0.2, -0.15) is 0 Å². The van der Waals surface area contributed by atoms with Crippen LogP contribution in [0.2, 0.25) is 0 Å². The Morgan fingerprint density at radius 3 is 3.00 bits per heavy atom. The van der Waals surface area contributed by atoms with Crippen molar-refractivity contribution in [3.63, 3.8) is 0 Å². The van der Waals surface area contributed by atoms with Crippen molar-refractivity contribution in [3.8, 4) is 0 Å². The molecule has 2 heteroatoms. The third-order valence-corrected chi connectivity index (χ3v) is 2.94. The monoisotopic (exact) mass is 190 g/mol. The molecular formula is C12H18N2. The Hall–Kier alpha value is -0.890. The van der Waals surface area contributed by atoms with E-state index in [1.54, 1.807) is 0 Å². The fourth-order valence-corrected chi connectivity index (χ4v) is 2.17. The first-order chi connectivity index (χ1) is 6.79. The lowest BCUT2D eigenvalue weighted by atomic mass is 9.94. The Labute approximate surface area is 85.7 Å². The molecule has 2 heterocycles. The second-order valence-corrected chi connectivity index (χ2v) is 4.31. The number of hydrogen-bond acceptors (Lipinski definition) is 2. The Balaban J connectivity index is 2.30. The Bertz CT molecular complexity index is 301. The van der Waals surface area contributed by atoms with E-state index in [0.717, 1.165) is 6.54 Å². The first-order valence-corrected chi connectivity index (χ1v) is 5.46. The maximum Gasteiger partial charge on any atom is 0.0324 e. The van der Waals surface area contributed by atoms with Crippen LogP contribution in [-0.2, 0) is 0 Å². The third-order valence-electron chi connectivity index (χ3n) is 2.94. The standard InChI is InChI=1S/C12H18N2/c1-9(2)11-8-13-7-5-10(11)12-4-3-6-14-12/h5,7-9,12,14H,3-4,6H2,1-2H3. The number of pyridine rings is 1. The number of nitrogens with one attached hydrogen (secondary N) is 1. The van der Waals surface area contributed by atoms with Crippen molar-refractivity contribution in [1.29, 1.82) is 0 Å². The fraction of sp³-hybridized carbons (Fsp3) is 0.583. The second kappa shape index (κ2) is 4.09. The lowest BCUT2D eigenvalue weighted by Gasteiger charge is -2.17. The molecule has 1 unspecified atom stereocenters. The van der Waals surface area contributed by atoms with E-state index in [0.29, 0.717) is 12.0 Å². The summed E-state index contributed by atoms with van der Waals surface area (Å²) in [5, 5.41) is 3.54. The van der Waals surface area contributed by atoms with Crippen LogP contribution in [0.25, 0.3) is 0 Å². The highest BCUT2D eigenvalue weighted by Crippen LogP contribution is 2.29. The molecule has 1 aromatic rings. The molecule has 2 nitrogen and oxygen atoms in total. The number of nitrogens with zero attached hydrogens (tertiary/aromatic N) is 1. The van der Waals surface area contributed by atoms with Crippen LogP contribution in [0.15, 0.2) is 18.5 Å². The highest BCUT2D eigenvalue weighted by Gasteiger charge is 2.19. The van der Waals surface area contributed by atoms with Crippen molar-refractivity contribution in [2.24, 2.45) is 0 Å². The van der Waals surface area contributed by atoms with Gasteiger partial charge in [-0.15, -0.1) is 0 Å². The molecule has 1 N–H and O–H groups in total. The molecule has 0 amide bonds. The Morgan fingerprint density at radius 1 is 1.50 bits per heavy atom. The van der Waals surface area contributed by atoms with E-state index in [4.69, 9.17) is 0 Å². The summed E-state index contributed by atoms with van der Waals surface area (Å²) in [6.45, 7) is 5.62. The van der Waals surface area contributed by atoms with Crippen molar-refractivity contribution in [2.45, 2.75) is 38.6 Å². The van der Waals surface area contributed by atoms with Crippen molar-refractivity contribution >= 4 is 0 Å². The smallest absolute Gasteiger partial charge is 0.0324 e. The summed E-state index contributed by atoms with van der Waals surface area (Å²) in [6.07, 6.45) is 6.48. The quantitative estimate of drug-likeness (QED) is 0.775. The maximum absolute atomic E-state index is 4.21. The molecule has 1 atom stereocenters. The molecule has 0 aromatic carbocycles. The normalized spacial score (nSPS) is 21.8. The molecule has 0 saturated carbocycles. The predicted molar refractivity (Wildman–Crippen MR) is 58.3 cm³/mol. The lowest BCUT2D eigenvalue weighted by Crippen LogP contribution is -2.15. The molecule has 0 bridgehead atoms. The maximum atomic E-state index is 4.21. The summed E-state index contributed by atoms with van der Waals surface area (Å²) >= 11 is 0. The van der Waals surface area contributed by atoms with Crippen LogP contribution in [0.3, 0.4) is 0 Å². The van der Waals surface area contributed by atoms with Gasteiger partial charge in [-0.1, -0.05) is 13.8 Å². The van der Waals surface area contributed by atoms with Crippen LogP contribution in [0.5, 0.6) is 0 Å². The van der Waals surface area contributed by atoms with Crippen LogP contribution in [0.4, 0.5) is 0 Å². The fourth-order valence-electron chi connectivity index (χ4n) is 2.17. The van der Waals surface area contributed by atoms with Crippen molar-refractivity contribution in [3.05, 3.63) is 29.6 Å². The van der Waals surface area contributed by atoms with E-state index in [-0.39, 0.29) is 0 Å². The molecule has 76 valence electrons. The third kappa shape index (κ3) is 1.80. The second-order valence-electron chi connectivity index (χ2n) is 4.31. The molecule has 0 spiro atoms. The van der Waals surface area contributed by atoms with Gasteiger partial charge in [-0.05, 0) is 42.5 Å². The molecule has 1 saturated heterocycles. The van der Waals surface area contributed by atoms with Crippen molar-refractivity contribution in [1.82, 2.24) is 10.3 Å². The van der Waals surface area contributed by atoms with Gasteiger partial charge in [0.2, 0.25) is 0 Å².